The molecule has 0 aliphatic heterocycles. The molecule has 0 spiro atoms. The third kappa shape index (κ3) is 5.90. The fourth-order valence-electron chi connectivity index (χ4n) is 1.54. The minimum atomic E-state index is -0.00815. The molecule has 1 aliphatic rings. The summed E-state index contributed by atoms with van der Waals surface area (Å²) in [6.07, 6.45) is 2.31. The van der Waals surface area contributed by atoms with Crippen molar-refractivity contribution in [3.63, 3.8) is 0 Å². The maximum atomic E-state index is 5.37. The Labute approximate surface area is 138 Å². The maximum Gasteiger partial charge on any atom is 0.323 e. The summed E-state index contributed by atoms with van der Waals surface area (Å²) >= 11 is 0. The van der Waals surface area contributed by atoms with Crippen LogP contribution in [0.2, 0.25) is 0 Å². The van der Waals surface area contributed by atoms with E-state index in [4.69, 9.17) is 27.7 Å². The average molecular weight is 335 g/mol. The SMILES string of the molecule is CC(C)Oc1nc(N)nc(N)n1.Nc1nc(N)nc(NC2CC2)n1. The van der Waals surface area contributed by atoms with Crippen LogP contribution in [-0.4, -0.2) is 42.0 Å². The number of anilines is 5. The lowest BCUT2D eigenvalue weighted by Crippen LogP contribution is -2.11. The van der Waals surface area contributed by atoms with Crippen molar-refractivity contribution >= 4 is 29.7 Å². The van der Waals surface area contributed by atoms with Gasteiger partial charge in [-0.1, -0.05) is 0 Å². The molecule has 3 rings (SSSR count). The molecule has 12 nitrogen and oxygen atoms in total. The monoisotopic (exact) mass is 335 g/mol. The number of ether oxygens (including phenoxy) is 1. The number of nitrogens with one attached hydrogen (secondary N) is 1. The third-order valence-electron chi connectivity index (χ3n) is 2.57. The van der Waals surface area contributed by atoms with Gasteiger partial charge in [-0.05, 0) is 26.7 Å². The van der Waals surface area contributed by atoms with Crippen LogP contribution < -0.4 is 33.0 Å². The standard InChI is InChI=1S/C6H10N6.C6H11N5O/c7-4-10-5(8)12-6(11-4)9-3-1-2-3;1-3(2)12-6-10-4(7)9-5(8)11-6/h3H,1-2H2,(H5,7,8,9,10,11,12);3H,1-2H3,(H4,7,8,9,10,11). The Hall–Kier alpha value is -3.18. The molecule has 2 heterocycles. The molecule has 2 aromatic rings. The zero-order valence-electron chi connectivity index (χ0n) is 13.5. The van der Waals surface area contributed by atoms with Crippen molar-refractivity contribution in [2.75, 3.05) is 28.3 Å². The van der Waals surface area contributed by atoms with Gasteiger partial charge in [0.15, 0.2) is 0 Å². The molecular weight excluding hydrogens is 314 g/mol. The van der Waals surface area contributed by atoms with Gasteiger partial charge in [-0.25, -0.2) is 0 Å². The van der Waals surface area contributed by atoms with Gasteiger partial charge in [-0.3, -0.25) is 0 Å². The first-order chi connectivity index (χ1) is 11.3. The largest absolute Gasteiger partial charge is 0.461 e. The topological polar surface area (TPSA) is 203 Å². The van der Waals surface area contributed by atoms with E-state index in [9.17, 15) is 0 Å². The minimum absolute atomic E-state index is 0.00815. The number of hydrogen-bond acceptors (Lipinski definition) is 12. The Morgan fingerprint density at radius 2 is 1.29 bits per heavy atom. The predicted octanol–water partition coefficient (Wildman–Crippen LogP) is -0.566. The van der Waals surface area contributed by atoms with E-state index < -0.39 is 0 Å². The van der Waals surface area contributed by atoms with Gasteiger partial charge in [-0.15, -0.1) is 0 Å². The van der Waals surface area contributed by atoms with Crippen molar-refractivity contribution in [1.29, 1.82) is 0 Å². The van der Waals surface area contributed by atoms with Crippen molar-refractivity contribution in [3.8, 4) is 6.01 Å². The molecule has 0 bridgehead atoms. The quantitative estimate of drug-likeness (QED) is 0.476. The minimum Gasteiger partial charge on any atom is -0.461 e. The van der Waals surface area contributed by atoms with Gasteiger partial charge in [-0.2, -0.15) is 29.9 Å². The molecular formula is C12H21N11O. The van der Waals surface area contributed by atoms with E-state index in [1.54, 1.807) is 0 Å². The third-order valence-corrected chi connectivity index (χ3v) is 2.57. The Bertz CT molecular complexity index is 597. The molecule has 0 saturated heterocycles. The van der Waals surface area contributed by atoms with Gasteiger partial charge in [0, 0.05) is 6.04 Å². The van der Waals surface area contributed by atoms with Crippen LogP contribution in [0.15, 0.2) is 0 Å². The Morgan fingerprint density at radius 1 is 0.833 bits per heavy atom. The summed E-state index contributed by atoms with van der Waals surface area (Å²) in [6, 6.07) is 0.654. The number of aromatic nitrogens is 6. The summed E-state index contributed by atoms with van der Waals surface area (Å²) in [5, 5.41) is 3.08. The van der Waals surface area contributed by atoms with E-state index in [1.165, 1.54) is 0 Å². The Kier molecular flexibility index (Phi) is 5.29. The molecule has 2 aromatic heterocycles. The van der Waals surface area contributed by atoms with Gasteiger partial charge in [0.2, 0.25) is 29.7 Å². The lowest BCUT2D eigenvalue weighted by atomic mass is 10.5. The zero-order valence-corrected chi connectivity index (χ0v) is 13.5. The summed E-state index contributed by atoms with van der Waals surface area (Å²) in [5.41, 5.74) is 21.4. The number of nitrogens with zero attached hydrogens (tertiary/aromatic N) is 6. The van der Waals surface area contributed by atoms with E-state index in [1.807, 2.05) is 13.8 Å². The van der Waals surface area contributed by atoms with Crippen molar-refractivity contribution in [1.82, 2.24) is 29.9 Å². The van der Waals surface area contributed by atoms with E-state index >= 15 is 0 Å². The number of hydrogen-bond donors (Lipinski definition) is 5. The fraction of sp³-hybridized carbons (Fsp3) is 0.500. The highest BCUT2D eigenvalue weighted by Crippen LogP contribution is 2.22. The Balaban J connectivity index is 0.000000174. The molecule has 0 atom stereocenters. The molecule has 24 heavy (non-hydrogen) atoms. The second kappa shape index (κ2) is 7.39. The predicted molar refractivity (Wildman–Crippen MR) is 89.7 cm³/mol. The van der Waals surface area contributed by atoms with Crippen molar-refractivity contribution in [3.05, 3.63) is 0 Å². The highest BCUT2D eigenvalue weighted by atomic mass is 16.5. The normalized spacial score (nSPS) is 13.1. The van der Waals surface area contributed by atoms with Crippen LogP contribution in [-0.2, 0) is 0 Å². The first kappa shape index (κ1) is 17.2. The smallest absolute Gasteiger partial charge is 0.323 e. The van der Waals surface area contributed by atoms with E-state index in [0.29, 0.717) is 12.0 Å². The van der Waals surface area contributed by atoms with E-state index in [0.717, 1.165) is 12.8 Å². The van der Waals surface area contributed by atoms with Crippen LogP contribution >= 0.6 is 0 Å². The average Bonchev–Trinajstić information content (AvgIpc) is 3.19. The van der Waals surface area contributed by atoms with Gasteiger partial charge in [0.05, 0.1) is 6.10 Å². The highest BCUT2D eigenvalue weighted by Gasteiger charge is 2.22. The second-order valence-corrected chi connectivity index (χ2v) is 5.30. The first-order valence-corrected chi connectivity index (χ1v) is 7.29. The van der Waals surface area contributed by atoms with Gasteiger partial charge < -0.3 is 33.0 Å². The maximum absolute atomic E-state index is 5.37. The zero-order chi connectivity index (χ0) is 17.7. The van der Waals surface area contributed by atoms with Crippen LogP contribution in [0.25, 0.3) is 0 Å². The molecule has 12 heteroatoms. The lowest BCUT2D eigenvalue weighted by molar-refractivity contribution is 0.222. The molecule has 0 unspecified atom stereocenters. The Morgan fingerprint density at radius 3 is 1.71 bits per heavy atom. The molecule has 9 N–H and O–H groups in total. The number of nitrogens with two attached hydrogens (primary N) is 4. The summed E-state index contributed by atoms with van der Waals surface area (Å²) in [4.78, 5) is 22.5. The van der Waals surface area contributed by atoms with E-state index in [2.05, 4.69) is 35.2 Å². The first-order valence-electron chi connectivity index (χ1n) is 7.29. The van der Waals surface area contributed by atoms with E-state index in [-0.39, 0.29) is 35.9 Å². The summed E-state index contributed by atoms with van der Waals surface area (Å²) in [6.45, 7) is 3.71. The highest BCUT2D eigenvalue weighted by molar-refractivity contribution is 5.38. The molecule has 1 aliphatic carbocycles. The molecule has 1 fully saturated rings. The molecule has 0 radical (unpaired) electrons. The lowest BCUT2D eigenvalue weighted by Gasteiger charge is -2.07. The summed E-state index contributed by atoms with van der Waals surface area (Å²) in [5.74, 6) is 0.926. The van der Waals surface area contributed by atoms with Crippen LogP contribution in [0.1, 0.15) is 26.7 Å². The van der Waals surface area contributed by atoms with Gasteiger partial charge in [0.25, 0.3) is 0 Å². The fourth-order valence-corrected chi connectivity index (χ4v) is 1.54. The molecule has 130 valence electrons. The molecule has 0 aromatic carbocycles. The van der Waals surface area contributed by atoms with Crippen LogP contribution in [0.3, 0.4) is 0 Å². The van der Waals surface area contributed by atoms with Crippen LogP contribution in [0.4, 0.5) is 29.7 Å². The molecule has 1 saturated carbocycles. The van der Waals surface area contributed by atoms with Gasteiger partial charge >= 0.3 is 6.01 Å². The van der Waals surface area contributed by atoms with Crippen LogP contribution in [0, 0.1) is 0 Å². The van der Waals surface area contributed by atoms with Crippen LogP contribution in [0.5, 0.6) is 6.01 Å². The van der Waals surface area contributed by atoms with Gasteiger partial charge in [0.1, 0.15) is 0 Å². The summed E-state index contributed by atoms with van der Waals surface area (Å²) < 4.78 is 5.15. The van der Waals surface area contributed by atoms with Crippen molar-refractivity contribution in [2.45, 2.75) is 38.8 Å². The number of nitrogen functional groups attached to an aromatic ring is 4. The summed E-state index contributed by atoms with van der Waals surface area (Å²) in [7, 11) is 0. The van der Waals surface area contributed by atoms with Crippen molar-refractivity contribution < 1.29 is 4.74 Å². The molecule has 0 amide bonds. The van der Waals surface area contributed by atoms with Crippen molar-refractivity contribution in [2.24, 2.45) is 0 Å². The second-order valence-electron chi connectivity index (χ2n) is 5.30. The number of rotatable bonds is 4.